The van der Waals surface area contributed by atoms with E-state index in [0.29, 0.717) is 25.0 Å². The average Bonchev–Trinajstić information content (AvgIpc) is 3.54. The van der Waals surface area contributed by atoms with E-state index in [-0.39, 0.29) is 36.5 Å². The van der Waals surface area contributed by atoms with Crippen molar-refractivity contribution in [1.82, 2.24) is 20.0 Å². The van der Waals surface area contributed by atoms with E-state index in [9.17, 15) is 14.0 Å². The maximum atomic E-state index is 13.1. The molecular weight excluding hydrogens is 375 g/mol. The molecule has 4 atom stereocenters. The predicted octanol–water partition coefficient (Wildman–Crippen LogP) is 1.01. The molecule has 4 fully saturated rings. The van der Waals surface area contributed by atoms with Crippen molar-refractivity contribution in [2.24, 2.45) is 0 Å². The van der Waals surface area contributed by atoms with Gasteiger partial charge in [0, 0.05) is 51.2 Å². The van der Waals surface area contributed by atoms with Crippen LogP contribution < -0.4 is 5.32 Å². The molecule has 3 amide bonds. The molecule has 7 nitrogen and oxygen atoms in total. The van der Waals surface area contributed by atoms with Crippen LogP contribution in [0.15, 0.2) is 24.3 Å². The lowest BCUT2D eigenvalue weighted by Gasteiger charge is -2.44. The van der Waals surface area contributed by atoms with Gasteiger partial charge in [-0.25, -0.2) is 9.18 Å². The Morgan fingerprint density at radius 1 is 1.07 bits per heavy atom. The number of piperidine rings is 1. The van der Waals surface area contributed by atoms with Crippen molar-refractivity contribution in [3.8, 4) is 0 Å². The summed E-state index contributed by atoms with van der Waals surface area (Å²) in [4.78, 5) is 30.8. The summed E-state index contributed by atoms with van der Waals surface area (Å²) in [7, 11) is 0. The molecule has 3 aliphatic heterocycles. The van der Waals surface area contributed by atoms with Crippen molar-refractivity contribution >= 4 is 11.9 Å². The van der Waals surface area contributed by atoms with Gasteiger partial charge in [-0.15, -0.1) is 0 Å². The van der Waals surface area contributed by atoms with Crippen LogP contribution in [0.25, 0.3) is 0 Å². The van der Waals surface area contributed by atoms with Crippen LogP contribution in [0.5, 0.6) is 0 Å². The first-order chi connectivity index (χ1) is 14.1. The molecule has 29 heavy (non-hydrogen) atoms. The molecule has 1 aromatic carbocycles. The molecule has 3 saturated heterocycles. The summed E-state index contributed by atoms with van der Waals surface area (Å²) in [6.45, 7) is 4.49. The van der Waals surface area contributed by atoms with Gasteiger partial charge < -0.3 is 19.9 Å². The van der Waals surface area contributed by atoms with E-state index in [0.717, 1.165) is 39.0 Å². The fourth-order valence-electron chi connectivity index (χ4n) is 4.97. The maximum absolute atomic E-state index is 13.1. The van der Waals surface area contributed by atoms with Crippen molar-refractivity contribution < 1.29 is 18.7 Å². The lowest BCUT2D eigenvalue weighted by Crippen LogP contribution is -2.63. The molecule has 4 aliphatic rings. The van der Waals surface area contributed by atoms with Gasteiger partial charge in [0.2, 0.25) is 5.91 Å². The van der Waals surface area contributed by atoms with Crippen LogP contribution in [0.2, 0.25) is 0 Å². The summed E-state index contributed by atoms with van der Waals surface area (Å²) in [5.74, 6) is 0.183. The van der Waals surface area contributed by atoms with Gasteiger partial charge >= 0.3 is 6.03 Å². The van der Waals surface area contributed by atoms with E-state index in [1.54, 1.807) is 0 Å². The van der Waals surface area contributed by atoms with Crippen LogP contribution in [0.3, 0.4) is 0 Å². The monoisotopic (exact) mass is 402 g/mol. The first-order valence-corrected chi connectivity index (χ1v) is 10.5. The summed E-state index contributed by atoms with van der Waals surface area (Å²) in [6.07, 6.45) is 1.89. The van der Waals surface area contributed by atoms with E-state index in [1.165, 1.54) is 17.7 Å². The van der Waals surface area contributed by atoms with Gasteiger partial charge in [-0.1, -0.05) is 12.1 Å². The number of halogens is 1. The second-order valence-corrected chi connectivity index (χ2v) is 8.52. The summed E-state index contributed by atoms with van der Waals surface area (Å²) < 4.78 is 18.7. The van der Waals surface area contributed by atoms with Crippen molar-refractivity contribution in [1.29, 1.82) is 0 Å². The Balaban J connectivity index is 1.12. The number of fused-ring (bicyclic) bond motifs is 1. The fraction of sp³-hybridized carbons (Fsp3) is 0.619. The summed E-state index contributed by atoms with van der Waals surface area (Å²) >= 11 is 0. The van der Waals surface area contributed by atoms with Crippen molar-refractivity contribution in [2.45, 2.75) is 36.9 Å². The fourth-order valence-corrected chi connectivity index (χ4v) is 4.97. The number of hydrogen-bond donors (Lipinski definition) is 1. The van der Waals surface area contributed by atoms with Crippen molar-refractivity contribution in [3.63, 3.8) is 0 Å². The number of nitrogens with zero attached hydrogens (tertiary/aromatic N) is 3. The Labute approximate surface area is 169 Å². The van der Waals surface area contributed by atoms with Gasteiger partial charge in [-0.2, -0.15) is 0 Å². The standard InChI is InChI=1S/C21H27FN4O3/c22-15-3-1-14(2-4-15)16-11-18(16)24-7-9-25(10-8-24)21(28)26-6-5-19-17(12-26)23-20(27)13-29-19/h1-4,16-19H,5-13H2,(H,23,27). The second-order valence-electron chi connectivity index (χ2n) is 8.52. The van der Waals surface area contributed by atoms with Crippen LogP contribution in [0.4, 0.5) is 9.18 Å². The molecule has 1 aromatic rings. The number of urea groups is 1. The molecule has 1 N–H and O–H groups in total. The largest absolute Gasteiger partial charge is 0.366 e. The number of hydrogen-bond acceptors (Lipinski definition) is 4. The molecule has 0 aromatic heterocycles. The Bertz CT molecular complexity index is 781. The third kappa shape index (κ3) is 3.83. The number of amides is 3. The van der Waals surface area contributed by atoms with Crippen LogP contribution in [-0.2, 0) is 9.53 Å². The first-order valence-electron chi connectivity index (χ1n) is 10.5. The minimum Gasteiger partial charge on any atom is -0.366 e. The number of rotatable bonds is 2. The summed E-state index contributed by atoms with van der Waals surface area (Å²) in [5, 5.41) is 2.95. The summed E-state index contributed by atoms with van der Waals surface area (Å²) in [6, 6.07) is 7.30. The van der Waals surface area contributed by atoms with Crippen LogP contribution in [-0.4, -0.2) is 90.7 Å². The molecule has 0 radical (unpaired) electrons. The molecule has 0 bridgehead atoms. The van der Waals surface area contributed by atoms with E-state index in [2.05, 4.69) is 10.2 Å². The lowest BCUT2D eigenvalue weighted by molar-refractivity contribution is -0.139. The Hall–Kier alpha value is -2.19. The molecule has 0 spiro atoms. The molecule has 156 valence electrons. The topological polar surface area (TPSA) is 65.1 Å². The van der Waals surface area contributed by atoms with Crippen molar-refractivity contribution in [2.75, 3.05) is 45.9 Å². The normalized spacial score (nSPS) is 32.5. The molecule has 3 heterocycles. The molecule has 4 unspecified atom stereocenters. The Morgan fingerprint density at radius 2 is 1.83 bits per heavy atom. The predicted molar refractivity (Wildman–Crippen MR) is 104 cm³/mol. The van der Waals surface area contributed by atoms with Crippen LogP contribution >= 0.6 is 0 Å². The van der Waals surface area contributed by atoms with E-state index in [1.807, 2.05) is 21.9 Å². The number of ether oxygens (including phenoxy) is 1. The van der Waals surface area contributed by atoms with E-state index in [4.69, 9.17) is 4.74 Å². The SMILES string of the molecule is O=C1COC2CCN(C(=O)N3CCN(C4CC4c4ccc(F)cc4)CC3)CC2N1. The van der Waals surface area contributed by atoms with Gasteiger partial charge in [0.15, 0.2) is 0 Å². The number of nitrogens with one attached hydrogen (secondary N) is 1. The number of morpholine rings is 1. The number of piperazine rings is 1. The van der Waals surface area contributed by atoms with E-state index < -0.39 is 0 Å². The maximum Gasteiger partial charge on any atom is 0.320 e. The molecule has 1 aliphatic carbocycles. The minimum absolute atomic E-state index is 0.0202. The highest BCUT2D eigenvalue weighted by Gasteiger charge is 2.44. The summed E-state index contributed by atoms with van der Waals surface area (Å²) in [5.41, 5.74) is 1.20. The van der Waals surface area contributed by atoms with Crippen LogP contribution in [0, 0.1) is 5.82 Å². The number of likely N-dealkylation sites (tertiary alicyclic amines) is 1. The molecule has 8 heteroatoms. The van der Waals surface area contributed by atoms with Gasteiger partial charge in [0.1, 0.15) is 12.4 Å². The third-order valence-corrected chi connectivity index (χ3v) is 6.70. The lowest BCUT2D eigenvalue weighted by atomic mass is 10.0. The van der Waals surface area contributed by atoms with Gasteiger partial charge in [-0.05, 0) is 30.5 Å². The molecule has 5 rings (SSSR count). The Kier molecular flexibility index (Phi) is 4.91. The number of carbonyl (C=O) groups is 2. The zero-order valence-electron chi connectivity index (χ0n) is 16.4. The highest BCUT2D eigenvalue weighted by atomic mass is 19.1. The number of carbonyl (C=O) groups excluding carboxylic acids is 2. The third-order valence-electron chi connectivity index (χ3n) is 6.70. The smallest absolute Gasteiger partial charge is 0.320 e. The minimum atomic E-state index is -0.193. The molecular formula is C21H27FN4O3. The van der Waals surface area contributed by atoms with Gasteiger partial charge in [-0.3, -0.25) is 9.69 Å². The zero-order valence-corrected chi connectivity index (χ0v) is 16.4. The molecule has 1 saturated carbocycles. The second kappa shape index (κ2) is 7.57. The van der Waals surface area contributed by atoms with Crippen molar-refractivity contribution in [3.05, 3.63) is 35.6 Å². The van der Waals surface area contributed by atoms with E-state index >= 15 is 0 Å². The zero-order chi connectivity index (χ0) is 20.0. The highest BCUT2D eigenvalue weighted by molar-refractivity contribution is 5.79. The highest BCUT2D eigenvalue weighted by Crippen LogP contribution is 2.44. The first kappa shape index (κ1) is 18.8. The quantitative estimate of drug-likeness (QED) is 0.802. The van der Waals surface area contributed by atoms with Gasteiger partial charge in [0.25, 0.3) is 0 Å². The van der Waals surface area contributed by atoms with Gasteiger partial charge in [0.05, 0.1) is 12.1 Å². The number of benzene rings is 1. The van der Waals surface area contributed by atoms with Crippen LogP contribution in [0.1, 0.15) is 24.3 Å². The Morgan fingerprint density at radius 3 is 2.59 bits per heavy atom. The average molecular weight is 402 g/mol.